The summed E-state index contributed by atoms with van der Waals surface area (Å²) in [5.74, 6) is 0. The minimum atomic E-state index is -0.352. The van der Waals surface area contributed by atoms with Crippen molar-refractivity contribution >= 4 is 0 Å². The molecule has 2 heteroatoms. The number of aliphatic hydroxyl groups is 2. The largest absolute Gasteiger partial charge is 0.396 e. The summed E-state index contributed by atoms with van der Waals surface area (Å²) in [5, 5.41) is 16.5. The second-order valence-electron chi connectivity index (χ2n) is 2.07. The molecule has 58 valence electrons. The maximum atomic E-state index is 8.39. The van der Waals surface area contributed by atoms with Crippen molar-refractivity contribution in [1.29, 1.82) is 0 Å². The highest BCUT2D eigenvalue weighted by Gasteiger charge is 1.88. The van der Waals surface area contributed by atoms with Crippen LogP contribution < -0.4 is 0 Å². The first-order valence-corrected chi connectivity index (χ1v) is 3.47. The molecule has 0 aromatic heterocycles. The van der Waals surface area contributed by atoms with Gasteiger partial charge in [0, 0.05) is 6.61 Å². The van der Waals surface area contributed by atoms with Crippen LogP contribution in [0.4, 0.5) is 0 Å². The van der Waals surface area contributed by atoms with Gasteiger partial charge in [0.2, 0.25) is 0 Å². The molecule has 1 atom stereocenters. The van der Waals surface area contributed by atoms with Gasteiger partial charge in [-0.15, -0.1) is 0 Å². The van der Waals surface area contributed by atoms with Crippen LogP contribution in [0.25, 0.3) is 0 Å². The Hall–Kier alpha value is -0.0800. The van der Waals surface area contributed by atoms with E-state index in [1.54, 1.807) is 6.92 Å². The molecule has 0 aliphatic rings. The minimum absolute atomic E-state index is 0.0810. The van der Waals surface area contributed by atoms with Crippen molar-refractivity contribution in [2.45, 2.75) is 39.7 Å². The van der Waals surface area contributed by atoms with E-state index in [4.69, 9.17) is 10.2 Å². The van der Waals surface area contributed by atoms with Gasteiger partial charge in [0.25, 0.3) is 0 Å². The monoisotopic (exact) mass is 134 g/mol. The Morgan fingerprint density at radius 1 is 1.33 bits per heavy atom. The molecule has 0 spiro atoms. The molecule has 0 amide bonds. The maximum Gasteiger partial charge on any atom is 0.0533 e. The van der Waals surface area contributed by atoms with Crippen LogP contribution in [0, 0.1) is 0 Å². The van der Waals surface area contributed by atoms with E-state index in [-0.39, 0.29) is 12.7 Å². The summed E-state index contributed by atoms with van der Waals surface area (Å²) in [6.07, 6.45) is 1.38. The van der Waals surface area contributed by atoms with Crippen LogP contribution in [0.5, 0.6) is 0 Å². The number of aliphatic hydroxyl groups excluding tert-OH is 2. The van der Waals surface area contributed by atoms with Crippen LogP contribution in [0.15, 0.2) is 0 Å². The molecule has 0 saturated carbocycles. The van der Waals surface area contributed by atoms with Gasteiger partial charge in [0.15, 0.2) is 0 Å². The molecule has 0 saturated heterocycles. The smallest absolute Gasteiger partial charge is 0.0533 e. The average Bonchev–Trinajstić information content (AvgIpc) is 1.67. The molecule has 0 aromatic rings. The van der Waals surface area contributed by atoms with Crippen LogP contribution in [0.3, 0.4) is 0 Å². The van der Waals surface area contributed by atoms with Crippen molar-refractivity contribution < 1.29 is 10.2 Å². The van der Waals surface area contributed by atoms with E-state index in [9.17, 15) is 0 Å². The molecule has 2 nitrogen and oxygen atoms in total. The maximum absolute atomic E-state index is 8.39. The van der Waals surface area contributed by atoms with Crippen LogP contribution in [-0.2, 0) is 0 Å². The molecule has 0 aliphatic heterocycles. The normalized spacial score (nSPS) is 11.7. The van der Waals surface area contributed by atoms with Crippen molar-refractivity contribution in [2.75, 3.05) is 6.61 Å². The fourth-order valence-electron chi connectivity index (χ4n) is 0.187. The summed E-state index contributed by atoms with van der Waals surface area (Å²) in [4.78, 5) is 0. The standard InChI is InChI=1S/C4H10O2.C3H8/c1-4(6)2-3-5;1-3-2/h4-6H,2-3H2,1H3;3H2,1-2H3. The van der Waals surface area contributed by atoms with E-state index in [2.05, 4.69) is 13.8 Å². The van der Waals surface area contributed by atoms with Gasteiger partial charge in [-0.3, -0.25) is 0 Å². The molecular weight excluding hydrogens is 116 g/mol. The Bertz CT molecular complexity index is 35.9. The van der Waals surface area contributed by atoms with Crippen molar-refractivity contribution in [3.63, 3.8) is 0 Å². The third-order valence-corrected chi connectivity index (χ3v) is 0.547. The molecule has 0 heterocycles. The molecule has 0 bridgehead atoms. The summed E-state index contributed by atoms with van der Waals surface area (Å²) < 4.78 is 0. The molecule has 9 heavy (non-hydrogen) atoms. The van der Waals surface area contributed by atoms with Gasteiger partial charge in [-0.05, 0) is 13.3 Å². The Balaban J connectivity index is 0. The zero-order chi connectivity index (χ0) is 7.70. The van der Waals surface area contributed by atoms with Crippen molar-refractivity contribution in [3.05, 3.63) is 0 Å². The number of hydrogen-bond donors (Lipinski definition) is 2. The lowest BCUT2D eigenvalue weighted by molar-refractivity contribution is 0.148. The highest BCUT2D eigenvalue weighted by Crippen LogP contribution is 1.83. The highest BCUT2D eigenvalue weighted by molar-refractivity contribution is 4.40. The molecule has 0 aliphatic carbocycles. The molecule has 2 N–H and O–H groups in total. The first kappa shape index (κ1) is 11.7. The van der Waals surface area contributed by atoms with E-state index in [1.807, 2.05) is 0 Å². The number of hydrogen-bond acceptors (Lipinski definition) is 2. The lowest BCUT2D eigenvalue weighted by Crippen LogP contribution is -2.00. The second kappa shape index (κ2) is 10.8. The van der Waals surface area contributed by atoms with E-state index < -0.39 is 0 Å². The summed E-state index contributed by atoms with van der Waals surface area (Å²) in [6.45, 7) is 5.98. The summed E-state index contributed by atoms with van der Waals surface area (Å²) in [7, 11) is 0. The van der Waals surface area contributed by atoms with Gasteiger partial charge in [0.05, 0.1) is 6.10 Å². The molecule has 0 aromatic carbocycles. The third-order valence-electron chi connectivity index (χ3n) is 0.547. The lowest BCUT2D eigenvalue weighted by Gasteiger charge is -1.95. The molecular formula is C7H18O2. The summed E-state index contributed by atoms with van der Waals surface area (Å²) >= 11 is 0. The molecule has 1 unspecified atom stereocenters. The van der Waals surface area contributed by atoms with Crippen molar-refractivity contribution in [3.8, 4) is 0 Å². The Kier molecular flexibility index (Phi) is 14.0. The van der Waals surface area contributed by atoms with Crippen LogP contribution in [0.1, 0.15) is 33.6 Å². The Morgan fingerprint density at radius 3 is 1.67 bits per heavy atom. The summed E-state index contributed by atoms with van der Waals surface area (Å²) in [6, 6.07) is 0. The number of rotatable bonds is 2. The van der Waals surface area contributed by atoms with E-state index in [0.717, 1.165) is 0 Å². The van der Waals surface area contributed by atoms with E-state index in [1.165, 1.54) is 6.42 Å². The van der Waals surface area contributed by atoms with Crippen LogP contribution >= 0.6 is 0 Å². The minimum Gasteiger partial charge on any atom is -0.396 e. The zero-order valence-corrected chi connectivity index (χ0v) is 6.59. The van der Waals surface area contributed by atoms with Crippen LogP contribution in [-0.4, -0.2) is 22.9 Å². The van der Waals surface area contributed by atoms with Gasteiger partial charge >= 0.3 is 0 Å². The van der Waals surface area contributed by atoms with Gasteiger partial charge < -0.3 is 10.2 Å². The Labute approximate surface area is 57.5 Å². The van der Waals surface area contributed by atoms with E-state index in [0.29, 0.717) is 6.42 Å². The van der Waals surface area contributed by atoms with Gasteiger partial charge in [0.1, 0.15) is 0 Å². The third kappa shape index (κ3) is 32.6. The van der Waals surface area contributed by atoms with E-state index >= 15 is 0 Å². The zero-order valence-electron chi connectivity index (χ0n) is 6.59. The first-order chi connectivity index (χ1) is 4.18. The predicted octanol–water partition coefficient (Wildman–Crippen LogP) is 1.17. The first-order valence-electron chi connectivity index (χ1n) is 3.47. The van der Waals surface area contributed by atoms with Crippen molar-refractivity contribution in [2.24, 2.45) is 0 Å². The summed E-state index contributed by atoms with van der Waals surface area (Å²) in [5.41, 5.74) is 0. The van der Waals surface area contributed by atoms with Crippen LogP contribution in [0.2, 0.25) is 0 Å². The van der Waals surface area contributed by atoms with Gasteiger partial charge in [-0.25, -0.2) is 0 Å². The quantitative estimate of drug-likeness (QED) is 0.595. The topological polar surface area (TPSA) is 40.5 Å². The lowest BCUT2D eigenvalue weighted by atomic mass is 10.3. The molecule has 0 rings (SSSR count). The molecule has 0 fully saturated rings. The van der Waals surface area contributed by atoms with Gasteiger partial charge in [-0.2, -0.15) is 0 Å². The molecule has 0 radical (unpaired) electrons. The average molecular weight is 134 g/mol. The highest BCUT2D eigenvalue weighted by atomic mass is 16.3. The SMILES string of the molecule is CC(O)CCO.CCC. The Morgan fingerprint density at radius 2 is 1.67 bits per heavy atom. The fourth-order valence-corrected chi connectivity index (χ4v) is 0.187. The predicted molar refractivity (Wildman–Crippen MR) is 39.3 cm³/mol. The fraction of sp³-hybridized carbons (Fsp3) is 1.00. The van der Waals surface area contributed by atoms with Crippen molar-refractivity contribution in [1.82, 2.24) is 0 Å². The van der Waals surface area contributed by atoms with Gasteiger partial charge in [-0.1, -0.05) is 20.3 Å². The second-order valence-corrected chi connectivity index (χ2v) is 2.07.